The van der Waals surface area contributed by atoms with Crippen LogP contribution in [0, 0.1) is 17.8 Å². The fourth-order valence-electron chi connectivity index (χ4n) is 8.92. The quantitative estimate of drug-likeness (QED) is 0.217. The minimum absolute atomic E-state index is 0.0394. The van der Waals surface area contributed by atoms with Crippen LogP contribution in [0.4, 0.5) is 24.9 Å². The van der Waals surface area contributed by atoms with Crippen LogP contribution < -0.4 is 14.5 Å². The number of hydrogen-bond donors (Lipinski definition) is 1. The van der Waals surface area contributed by atoms with Crippen LogP contribution in [0.5, 0.6) is 5.75 Å². The molecule has 268 valence electrons. The first-order chi connectivity index (χ1) is 24.5. The summed E-state index contributed by atoms with van der Waals surface area (Å²) in [7, 11) is 0. The number of carbonyl (C=O) groups is 1. The first kappa shape index (κ1) is 32.5. The lowest BCUT2D eigenvalue weighted by atomic mass is 9.72. The minimum atomic E-state index is -4.55. The number of likely N-dealkylation sites (tertiary alicyclic amines) is 1. The van der Waals surface area contributed by atoms with E-state index in [2.05, 4.69) is 32.6 Å². The Balaban J connectivity index is 1.20. The molecule has 2 spiro atoms. The van der Waals surface area contributed by atoms with Crippen LogP contribution in [0.15, 0.2) is 37.1 Å². The molecule has 6 heterocycles. The Morgan fingerprint density at radius 3 is 2.43 bits per heavy atom. The van der Waals surface area contributed by atoms with Gasteiger partial charge in [0.05, 0.1) is 11.7 Å². The summed E-state index contributed by atoms with van der Waals surface area (Å²) < 4.78 is 53.8. The number of hydrogen-bond acceptors (Lipinski definition) is 8. The molecule has 4 aliphatic heterocycles. The van der Waals surface area contributed by atoms with Crippen LogP contribution in [0.2, 0.25) is 0 Å². The highest BCUT2D eigenvalue weighted by Gasteiger charge is 2.48. The Morgan fingerprint density at radius 2 is 1.75 bits per heavy atom. The summed E-state index contributed by atoms with van der Waals surface area (Å²) in [4.78, 5) is 28.9. The van der Waals surface area contributed by atoms with Gasteiger partial charge < -0.3 is 24.2 Å². The van der Waals surface area contributed by atoms with Crippen LogP contribution in [-0.4, -0.2) is 96.2 Å². The summed E-state index contributed by atoms with van der Waals surface area (Å²) in [6, 6.07) is 6.05. The standard InChI is InChI=1S/C38H42F3N7O3/c1-3-29(49)47-18-36(19-47)8-12-46(13-9-36)34-26-16-25(24-5-6-24)31(30-23(2)4-7-28-27(30)17-42-45-28)33(51-22-38(39,40)41)32(26)43-35(44-34)48-20-37(21-48)10-14-50-15-11-37/h3-4,7,16-17,24H,1,5-6,8-15,18-22H2,2H3,(H,42,45). The van der Waals surface area contributed by atoms with Gasteiger partial charge in [-0.2, -0.15) is 23.3 Å². The van der Waals surface area contributed by atoms with Crippen molar-refractivity contribution in [3.8, 4) is 16.9 Å². The molecule has 5 fully saturated rings. The highest BCUT2D eigenvalue weighted by atomic mass is 19.4. The molecule has 5 aliphatic rings. The largest absolute Gasteiger partial charge is 0.481 e. The van der Waals surface area contributed by atoms with E-state index >= 15 is 0 Å². The first-order valence-corrected chi connectivity index (χ1v) is 18.0. The predicted octanol–water partition coefficient (Wildman–Crippen LogP) is 6.53. The molecule has 0 radical (unpaired) electrons. The molecule has 0 bridgehead atoms. The van der Waals surface area contributed by atoms with Crippen molar-refractivity contribution in [3.05, 3.63) is 48.2 Å². The van der Waals surface area contributed by atoms with Crippen molar-refractivity contribution >= 4 is 39.5 Å². The van der Waals surface area contributed by atoms with E-state index in [4.69, 9.17) is 19.4 Å². The van der Waals surface area contributed by atoms with Gasteiger partial charge in [-0.05, 0) is 86.3 Å². The number of amides is 1. The lowest BCUT2D eigenvalue weighted by Crippen LogP contribution is -2.61. The topological polar surface area (TPSA) is 99.7 Å². The molecule has 51 heavy (non-hydrogen) atoms. The fourth-order valence-corrected chi connectivity index (χ4v) is 8.92. The van der Waals surface area contributed by atoms with Crippen molar-refractivity contribution < 1.29 is 27.4 Å². The number of piperidine rings is 1. The number of benzene rings is 2. The SMILES string of the molecule is C=CC(=O)N1CC2(CCN(c3nc(N4CC5(CCOCC5)C4)nc4c(OCC(F)(F)F)c(-c5c(C)ccc6[nH]ncc56)c(C5CC5)cc34)CC2)C1. The monoisotopic (exact) mass is 701 g/mol. The Bertz CT molecular complexity index is 2030. The number of carbonyl (C=O) groups excluding carboxylic acids is 1. The number of fused-ring (bicyclic) bond motifs is 2. The molecule has 1 amide bonds. The molecule has 0 unspecified atom stereocenters. The number of rotatable bonds is 7. The molecule has 9 rings (SSSR count). The van der Waals surface area contributed by atoms with Gasteiger partial charge in [0.25, 0.3) is 0 Å². The fraction of sp³-hybridized carbons (Fsp3) is 0.526. The maximum Gasteiger partial charge on any atom is 0.422 e. The summed E-state index contributed by atoms with van der Waals surface area (Å²) in [5.74, 6) is 1.55. The zero-order valence-electron chi connectivity index (χ0n) is 28.8. The second-order valence-corrected chi connectivity index (χ2v) is 15.5. The third-order valence-electron chi connectivity index (χ3n) is 12.0. The van der Waals surface area contributed by atoms with E-state index in [-0.39, 0.29) is 28.4 Å². The Morgan fingerprint density at radius 1 is 1.02 bits per heavy atom. The Kier molecular flexibility index (Phi) is 7.54. The number of nitrogens with zero attached hydrogens (tertiary/aromatic N) is 6. The third kappa shape index (κ3) is 5.68. The Labute approximate surface area is 294 Å². The highest BCUT2D eigenvalue weighted by molar-refractivity contribution is 6.06. The third-order valence-corrected chi connectivity index (χ3v) is 12.0. The lowest BCUT2D eigenvalue weighted by molar-refractivity contribution is -0.153. The highest BCUT2D eigenvalue weighted by Crippen LogP contribution is 2.54. The van der Waals surface area contributed by atoms with Gasteiger partial charge in [0.1, 0.15) is 11.3 Å². The molecule has 1 aliphatic carbocycles. The van der Waals surface area contributed by atoms with Crippen LogP contribution in [-0.2, 0) is 9.53 Å². The van der Waals surface area contributed by atoms with Gasteiger partial charge in [0.2, 0.25) is 11.9 Å². The first-order valence-electron chi connectivity index (χ1n) is 18.0. The van der Waals surface area contributed by atoms with Gasteiger partial charge in [-0.1, -0.05) is 12.6 Å². The number of halogens is 3. The average molecular weight is 702 g/mol. The summed E-state index contributed by atoms with van der Waals surface area (Å²) in [5.41, 5.74) is 4.77. The minimum Gasteiger partial charge on any atom is -0.481 e. The lowest BCUT2D eigenvalue weighted by Gasteiger charge is -2.54. The normalized spacial score (nSPS) is 21.3. The molecule has 0 atom stereocenters. The molecule has 4 saturated heterocycles. The van der Waals surface area contributed by atoms with Crippen molar-refractivity contribution in [2.45, 2.75) is 57.5 Å². The van der Waals surface area contributed by atoms with Crippen LogP contribution in [0.25, 0.3) is 32.9 Å². The van der Waals surface area contributed by atoms with Crippen molar-refractivity contribution in [2.75, 3.05) is 68.9 Å². The Hall–Kier alpha value is -4.39. The van der Waals surface area contributed by atoms with Crippen molar-refractivity contribution in [2.24, 2.45) is 10.8 Å². The van der Waals surface area contributed by atoms with Crippen LogP contribution in [0.1, 0.15) is 55.6 Å². The van der Waals surface area contributed by atoms with E-state index in [9.17, 15) is 18.0 Å². The zero-order valence-corrected chi connectivity index (χ0v) is 28.8. The maximum atomic E-state index is 14.1. The average Bonchev–Trinajstić information content (AvgIpc) is 3.84. The van der Waals surface area contributed by atoms with Crippen LogP contribution >= 0.6 is 0 Å². The van der Waals surface area contributed by atoms with Gasteiger partial charge in [-0.25, -0.2) is 4.98 Å². The van der Waals surface area contributed by atoms with E-state index in [0.717, 1.165) is 111 Å². The predicted molar refractivity (Wildman–Crippen MR) is 188 cm³/mol. The van der Waals surface area contributed by atoms with E-state index in [1.165, 1.54) is 6.08 Å². The summed E-state index contributed by atoms with van der Waals surface area (Å²) >= 11 is 0. The van der Waals surface area contributed by atoms with Crippen LogP contribution in [0.3, 0.4) is 0 Å². The van der Waals surface area contributed by atoms with Gasteiger partial charge in [0.15, 0.2) is 12.4 Å². The summed E-state index contributed by atoms with van der Waals surface area (Å²) in [6.07, 6.45) is 4.14. The van der Waals surface area contributed by atoms with Crippen molar-refractivity contribution in [1.82, 2.24) is 25.1 Å². The van der Waals surface area contributed by atoms with Crippen molar-refractivity contribution in [3.63, 3.8) is 0 Å². The van der Waals surface area contributed by atoms with Gasteiger partial charge >= 0.3 is 6.18 Å². The van der Waals surface area contributed by atoms with Crippen molar-refractivity contribution in [1.29, 1.82) is 0 Å². The van der Waals surface area contributed by atoms with E-state index in [0.29, 0.717) is 35.5 Å². The molecular weight excluding hydrogens is 659 g/mol. The van der Waals surface area contributed by atoms with E-state index in [1.807, 2.05) is 24.0 Å². The second kappa shape index (κ2) is 11.8. The second-order valence-electron chi connectivity index (χ2n) is 15.5. The van der Waals surface area contributed by atoms with Gasteiger partial charge in [0, 0.05) is 79.6 Å². The van der Waals surface area contributed by atoms with Gasteiger partial charge in [-0.15, -0.1) is 0 Å². The molecule has 2 aromatic carbocycles. The molecule has 1 saturated carbocycles. The van der Waals surface area contributed by atoms with E-state index in [1.54, 1.807) is 6.20 Å². The number of anilines is 2. The number of aromatic amines is 1. The number of alkyl halides is 3. The number of nitrogens with one attached hydrogen (secondary N) is 1. The zero-order chi connectivity index (χ0) is 35.1. The van der Waals surface area contributed by atoms with Gasteiger partial charge in [-0.3, -0.25) is 9.89 Å². The molecule has 2 aromatic heterocycles. The smallest absolute Gasteiger partial charge is 0.422 e. The summed E-state index contributed by atoms with van der Waals surface area (Å²) in [5, 5.41) is 8.87. The molecule has 1 N–H and O–H groups in total. The number of ether oxygens (including phenoxy) is 2. The molecule has 4 aromatic rings. The maximum absolute atomic E-state index is 14.1. The molecule has 10 nitrogen and oxygen atoms in total. The summed E-state index contributed by atoms with van der Waals surface area (Å²) in [6.45, 7) is 10.0. The molecule has 13 heteroatoms. The molecular formula is C38H42F3N7O3. The number of H-pyrrole nitrogens is 1. The number of aromatic nitrogens is 4. The van der Waals surface area contributed by atoms with E-state index < -0.39 is 12.8 Å². The number of aryl methyl sites for hydroxylation is 1.